The lowest BCUT2D eigenvalue weighted by Gasteiger charge is -2.21. The van der Waals surface area contributed by atoms with Gasteiger partial charge in [0.15, 0.2) is 0 Å². The van der Waals surface area contributed by atoms with Gasteiger partial charge in [0.1, 0.15) is 0 Å². The van der Waals surface area contributed by atoms with Gasteiger partial charge in [-0.15, -0.1) is 0 Å². The predicted octanol–water partition coefficient (Wildman–Crippen LogP) is 2.44. The summed E-state index contributed by atoms with van der Waals surface area (Å²) in [6.07, 6.45) is 0. The van der Waals surface area contributed by atoms with E-state index < -0.39 is 5.60 Å². The van der Waals surface area contributed by atoms with Crippen LogP contribution in [-0.2, 0) is 0 Å². The van der Waals surface area contributed by atoms with Crippen molar-refractivity contribution in [2.45, 2.75) is 47.1 Å². The van der Waals surface area contributed by atoms with E-state index in [0.717, 1.165) is 0 Å². The second-order valence-electron chi connectivity index (χ2n) is 2.81. The van der Waals surface area contributed by atoms with Gasteiger partial charge < -0.3 is 5.11 Å². The van der Waals surface area contributed by atoms with Crippen LogP contribution in [0.3, 0.4) is 0 Å². The van der Waals surface area contributed by atoms with Gasteiger partial charge in [-0.25, -0.2) is 0 Å². The van der Waals surface area contributed by atoms with Gasteiger partial charge in [0.25, 0.3) is 0 Å². The molecule has 1 N–H and O–H groups in total. The van der Waals surface area contributed by atoms with Gasteiger partial charge in [0, 0.05) is 0 Å². The highest BCUT2D eigenvalue weighted by Crippen LogP contribution is 2.12. The average Bonchev–Trinajstić information content (AvgIpc) is 1.69. The van der Waals surface area contributed by atoms with E-state index in [0.29, 0.717) is 5.92 Å². The normalized spacial score (nSPS) is 10.7. The van der Waals surface area contributed by atoms with Gasteiger partial charge in [-0.05, 0) is 19.8 Å². The Kier molecular flexibility index (Phi) is 6.25. The molecule has 0 spiro atoms. The number of hydrogen-bond donors (Lipinski definition) is 1. The topological polar surface area (TPSA) is 20.2 Å². The molecule has 0 bridgehead atoms. The third kappa shape index (κ3) is 7.96. The molecule has 0 unspecified atom stereocenters. The van der Waals surface area contributed by atoms with Crippen LogP contribution in [-0.4, -0.2) is 10.7 Å². The molecule has 0 aliphatic carbocycles. The Morgan fingerprint density at radius 2 is 1.22 bits per heavy atom. The zero-order valence-electron chi connectivity index (χ0n) is 7.52. The molecule has 0 radical (unpaired) electrons. The molecule has 58 valence electrons. The highest BCUT2D eigenvalue weighted by molar-refractivity contribution is 4.67. The molecule has 0 rings (SSSR count). The predicted molar refractivity (Wildman–Crippen MR) is 42.5 cm³/mol. The van der Waals surface area contributed by atoms with Gasteiger partial charge >= 0.3 is 0 Å². The molecule has 0 amide bonds. The smallest absolute Gasteiger partial charge is 0.0614 e. The van der Waals surface area contributed by atoms with Crippen molar-refractivity contribution in [2.24, 2.45) is 5.92 Å². The number of aliphatic hydroxyl groups is 1. The quantitative estimate of drug-likeness (QED) is 0.581. The summed E-state index contributed by atoms with van der Waals surface area (Å²) in [7, 11) is 0. The van der Waals surface area contributed by atoms with Crippen molar-refractivity contribution < 1.29 is 5.11 Å². The van der Waals surface area contributed by atoms with Crippen molar-refractivity contribution in [1.29, 1.82) is 0 Å². The first-order chi connectivity index (χ1) is 3.94. The van der Waals surface area contributed by atoms with Gasteiger partial charge in [-0.1, -0.05) is 27.7 Å². The van der Waals surface area contributed by atoms with Gasteiger partial charge in [-0.3, -0.25) is 0 Å². The fourth-order valence-electron chi connectivity index (χ4n) is 0. The molecule has 0 atom stereocenters. The van der Waals surface area contributed by atoms with Crippen LogP contribution >= 0.6 is 0 Å². The summed E-state index contributed by atoms with van der Waals surface area (Å²) in [5.74, 6) is 0.354. The third-order valence-electron chi connectivity index (χ3n) is 1.41. The lowest BCUT2D eigenvalue weighted by Crippen LogP contribution is -2.25. The fourth-order valence-corrected chi connectivity index (χ4v) is 0. The van der Waals surface area contributed by atoms with E-state index in [1.54, 1.807) is 0 Å². The van der Waals surface area contributed by atoms with Crippen LogP contribution in [0.5, 0.6) is 0 Å². The Hall–Kier alpha value is -0.0400. The van der Waals surface area contributed by atoms with E-state index in [9.17, 15) is 0 Å². The average molecular weight is 132 g/mol. The summed E-state index contributed by atoms with van der Waals surface area (Å²) in [6, 6.07) is 0. The molecule has 0 fully saturated rings. The van der Waals surface area contributed by atoms with Gasteiger partial charge in [0.05, 0.1) is 5.60 Å². The van der Waals surface area contributed by atoms with Gasteiger partial charge in [0.2, 0.25) is 0 Å². The van der Waals surface area contributed by atoms with Crippen molar-refractivity contribution in [3.05, 3.63) is 0 Å². The fraction of sp³-hybridized carbons (Fsp3) is 1.00. The summed E-state index contributed by atoms with van der Waals surface area (Å²) in [4.78, 5) is 0. The summed E-state index contributed by atoms with van der Waals surface area (Å²) >= 11 is 0. The second kappa shape index (κ2) is 4.80. The summed E-state index contributed by atoms with van der Waals surface area (Å²) < 4.78 is 0. The van der Waals surface area contributed by atoms with Gasteiger partial charge in [-0.2, -0.15) is 0 Å². The van der Waals surface area contributed by atoms with Crippen molar-refractivity contribution in [3.63, 3.8) is 0 Å². The minimum atomic E-state index is -0.500. The minimum absolute atomic E-state index is 0.354. The van der Waals surface area contributed by atoms with Crippen LogP contribution in [0, 0.1) is 5.92 Å². The van der Waals surface area contributed by atoms with Crippen molar-refractivity contribution in [2.75, 3.05) is 0 Å². The van der Waals surface area contributed by atoms with E-state index in [4.69, 9.17) is 5.11 Å². The molecule has 9 heavy (non-hydrogen) atoms. The van der Waals surface area contributed by atoms with Crippen LogP contribution in [0.25, 0.3) is 0 Å². The van der Waals surface area contributed by atoms with E-state index in [2.05, 4.69) is 0 Å². The first-order valence-electron chi connectivity index (χ1n) is 3.67. The highest BCUT2D eigenvalue weighted by Gasteiger charge is 2.16. The van der Waals surface area contributed by atoms with Crippen LogP contribution < -0.4 is 0 Å². The molecule has 0 saturated carbocycles. The van der Waals surface area contributed by atoms with E-state index in [1.807, 2.05) is 41.5 Å². The molecule has 0 aliphatic rings. The molecule has 0 aromatic carbocycles. The molecular formula is C8H20O. The van der Waals surface area contributed by atoms with Crippen LogP contribution in [0.1, 0.15) is 41.5 Å². The molecule has 0 aromatic heterocycles. The molecule has 0 saturated heterocycles. The van der Waals surface area contributed by atoms with Crippen LogP contribution in [0.15, 0.2) is 0 Å². The van der Waals surface area contributed by atoms with Crippen molar-refractivity contribution in [1.82, 2.24) is 0 Å². The van der Waals surface area contributed by atoms with E-state index in [-0.39, 0.29) is 0 Å². The summed E-state index contributed by atoms with van der Waals surface area (Å²) in [5.41, 5.74) is -0.500. The SMILES string of the molecule is CC.CC(C)C(C)(C)O. The van der Waals surface area contributed by atoms with Crippen molar-refractivity contribution in [3.8, 4) is 0 Å². The van der Waals surface area contributed by atoms with Crippen LogP contribution in [0.2, 0.25) is 0 Å². The van der Waals surface area contributed by atoms with E-state index >= 15 is 0 Å². The zero-order chi connectivity index (χ0) is 8.08. The number of hydrogen-bond acceptors (Lipinski definition) is 1. The standard InChI is InChI=1S/C6H14O.C2H6/c1-5(2)6(3,4)7;1-2/h5,7H,1-4H3;1-2H3. The second-order valence-corrected chi connectivity index (χ2v) is 2.81. The summed E-state index contributed by atoms with van der Waals surface area (Å²) in [6.45, 7) is 11.6. The van der Waals surface area contributed by atoms with E-state index in [1.165, 1.54) is 0 Å². The molecule has 1 nitrogen and oxygen atoms in total. The summed E-state index contributed by atoms with van der Waals surface area (Å²) in [5, 5.41) is 9.09. The largest absolute Gasteiger partial charge is 0.390 e. The lowest BCUT2D eigenvalue weighted by molar-refractivity contribution is 0.0327. The maximum Gasteiger partial charge on any atom is 0.0614 e. The zero-order valence-corrected chi connectivity index (χ0v) is 7.52. The Balaban J connectivity index is 0. The molecular weight excluding hydrogens is 112 g/mol. The first kappa shape index (κ1) is 11.7. The maximum absolute atomic E-state index is 9.09. The molecule has 1 heteroatoms. The Bertz CT molecular complexity index is 50.1. The Morgan fingerprint density at radius 3 is 1.22 bits per heavy atom. The van der Waals surface area contributed by atoms with Crippen LogP contribution in [0.4, 0.5) is 0 Å². The minimum Gasteiger partial charge on any atom is -0.390 e. The molecule has 0 heterocycles. The maximum atomic E-state index is 9.09. The van der Waals surface area contributed by atoms with Crippen molar-refractivity contribution >= 4 is 0 Å². The molecule has 0 aliphatic heterocycles. The highest BCUT2D eigenvalue weighted by atomic mass is 16.3. The Morgan fingerprint density at radius 1 is 1.11 bits per heavy atom. The first-order valence-corrected chi connectivity index (χ1v) is 3.67. The number of rotatable bonds is 1. The third-order valence-corrected chi connectivity index (χ3v) is 1.41. The Labute approximate surface area is 59.1 Å². The monoisotopic (exact) mass is 132 g/mol. The molecule has 0 aromatic rings. The lowest BCUT2D eigenvalue weighted by atomic mass is 9.95.